The Labute approximate surface area is 162 Å². The molecule has 0 aliphatic carbocycles. The molecule has 0 spiro atoms. The quantitative estimate of drug-likeness (QED) is 0.527. The van der Waals surface area contributed by atoms with Gasteiger partial charge in [0.2, 0.25) is 0 Å². The first kappa shape index (κ1) is 21.0. The third-order valence-corrected chi connectivity index (χ3v) is 5.48. The van der Waals surface area contributed by atoms with Gasteiger partial charge in [-0.1, -0.05) is 17.3 Å². The van der Waals surface area contributed by atoms with Gasteiger partial charge in [0.1, 0.15) is 28.0 Å². The van der Waals surface area contributed by atoms with E-state index >= 15 is 0 Å². The van der Waals surface area contributed by atoms with Crippen molar-refractivity contribution in [3.8, 4) is 22.4 Å². The predicted octanol–water partition coefficient (Wildman–Crippen LogP) is 5.33. The van der Waals surface area contributed by atoms with Gasteiger partial charge in [-0.2, -0.15) is 13.2 Å². The third-order valence-electron chi connectivity index (χ3n) is 4.37. The SMILES string of the molecule is Cc1ccc(-c2noc(C)c2-c2cc(F)c(S(C)(=O)=O)cc2F)cc1C(F)(F)F. The van der Waals surface area contributed by atoms with Gasteiger partial charge in [-0.25, -0.2) is 17.2 Å². The van der Waals surface area contributed by atoms with Crippen LogP contribution in [0.25, 0.3) is 22.4 Å². The van der Waals surface area contributed by atoms with Crippen LogP contribution in [-0.4, -0.2) is 19.8 Å². The van der Waals surface area contributed by atoms with Gasteiger partial charge in [0.05, 0.1) is 11.1 Å². The first-order valence-corrected chi connectivity index (χ1v) is 10.0. The van der Waals surface area contributed by atoms with Crippen LogP contribution in [0, 0.1) is 25.5 Å². The first-order chi connectivity index (χ1) is 13.3. The van der Waals surface area contributed by atoms with Crippen LogP contribution in [0.4, 0.5) is 22.0 Å². The van der Waals surface area contributed by atoms with E-state index in [0.29, 0.717) is 12.1 Å². The van der Waals surface area contributed by atoms with Crippen LogP contribution in [0.15, 0.2) is 39.8 Å². The molecule has 0 N–H and O–H groups in total. The molecule has 0 saturated carbocycles. The molecule has 29 heavy (non-hydrogen) atoms. The molecule has 0 bridgehead atoms. The summed E-state index contributed by atoms with van der Waals surface area (Å²) in [6, 6.07) is 4.61. The van der Waals surface area contributed by atoms with Crippen LogP contribution < -0.4 is 0 Å². The summed E-state index contributed by atoms with van der Waals surface area (Å²) in [5, 5.41) is 3.71. The molecule has 3 rings (SSSR count). The number of sulfone groups is 1. The van der Waals surface area contributed by atoms with Crippen LogP contribution in [-0.2, 0) is 16.0 Å². The summed E-state index contributed by atoms with van der Waals surface area (Å²) in [5.74, 6) is -2.25. The zero-order valence-electron chi connectivity index (χ0n) is 15.4. The fraction of sp³-hybridized carbons (Fsp3) is 0.211. The lowest BCUT2D eigenvalue weighted by Gasteiger charge is -2.12. The van der Waals surface area contributed by atoms with Gasteiger partial charge in [0.15, 0.2) is 9.84 Å². The summed E-state index contributed by atoms with van der Waals surface area (Å²) in [7, 11) is -4.02. The van der Waals surface area contributed by atoms with Gasteiger partial charge >= 0.3 is 6.18 Å². The predicted molar refractivity (Wildman–Crippen MR) is 94.9 cm³/mol. The van der Waals surface area contributed by atoms with E-state index in [0.717, 1.165) is 12.3 Å². The number of aromatic nitrogens is 1. The maximum absolute atomic E-state index is 14.7. The van der Waals surface area contributed by atoms with E-state index in [9.17, 15) is 30.4 Å². The molecule has 10 heteroatoms. The minimum absolute atomic E-state index is 0.0122. The maximum Gasteiger partial charge on any atom is 0.416 e. The van der Waals surface area contributed by atoms with E-state index in [-0.39, 0.29) is 33.7 Å². The Bertz CT molecular complexity index is 1210. The summed E-state index contributed by atoms with van der Waals surface area (Å²) >= 11 is 0. The average Bonchev–Trinajstić information content (AvgIpc) is 2.96. The zero-order valence-corrected chi connectivity index (χ0v) is 16.2. The zero-order chi connectivity index (χ0) is 21.7. The normalized spacial score (nSPS) is 12.4. The van der Waals surface area contributed by atoms with Crippen molar-refractivity contribution >= 4 is 9.84 Å². The molecule has 0 aliphatic rings. The highest BCUT2D eigenvalue weighted by molar-refractivity contribution is 7.90. The summed E-state index contributed by atoms with van der Waals surface area (Å²) < 4.78 is 96.8. The molecule has 2 aromatic carbocycles. The number of rotatable bonds is 3. The van der Waals surface area contributed by atoms with Gasteiger partial charge < -0.3 is 4.52 Å². The Hall–Kier alpha value is -2.75. The van der Waals surface area contributed by atoms with Gasteiger partial charge in [-0.15, -0.1) is 0 Å². The Balaban J connectivity index is 2.25. The maximum atomic E-state index is 14.7. The fourth-order valence-corrected chi connectivity index (χ4v) is 3.70. The second-order valence-electron chi connectivity index (χ2n) is 6.52. The van der Waals surface area contributed by atoms with Gasteiger partial charge in [-0.05, 0) is 37.6 Å². The Morgan fingerprint density at radius 1 is 1.00 bits per heavy atom. The molecule has 1 aromatic heterocycles. The molecule has 0 aliphatic heterocycles. The fourth-order valence-electron chi connectivity index (χ4n) is 2.97. The van der Waals surface area contributed by atoms with Crippen LogP contribution in [0.5, 0.6) is 0 Å². The number of aryl methyl sites for hydroxylation is 2. The van der Waals surface area contributed by atoms with Crippen LogP contribution in [0.1, 0.15) is 16.9 Å². The number of nitrogens with zero attached hydrogens (tertiary/aromatic N) is 1. The van der Waals surface area contributed by atoms with Crippen molar-refractivity contribution < 1.29 is 34.9 Å². The first-order valence-electron chi connectivity index (χ1n) is 8.14. The van der Waals surface area contributed by atoms with E-state index in [1.165, 1.54) is 26.0 Å². The molecule has 0 atom stereocenters. The lowest BCUT2D eigenvalue weighted by Crippen LogP contribution is -2.07. The van der Waals surface area contributed by atoms with Gasteiger partial charge in [0.25, 0.3) is 0 Å². The lowest BCUT2D eigenvalue weighted by molar-refractivity contribution is -0.138. The number of halogens is 5. The molecule has 0 radical (unpaired) electrons. The van der Waals surface area contributed by atoms with E-state index < -0.39 is 38.1 Å². The van der Waals surface area contributed by atoms with E-state index in [1.54, 1.807) is 0 Å². The van der Waals surface area contributed by atoms with Crippen molar-refractivity contribution in [2.24, 2.45) is 0 Å². The number of benzene rings is 2. The molecular weight excluding hydrogens is 417 g/mol. The smallest absolute Gasteiger partial charge is 0.360 e. The molecule has 4 nitrogen and oxygen atoms in total. The van der Waals surface area contributed by atoms with Crippen molar-refractivity contribution in [1.29, 1.82) is 0 Å². The largest absolute Gasteiger partial charge is 0.416 e. The van der Waals surface area contributed by atoms with Crippen molar-refractivity contribution in [2.75, 3.05) is 6.26 Å². The number of hydrogen-bond acceptors (Lipinski definition) is 4. The van der Waals surface area contributed by atoms with E-state index in [2.05, 4.69) is 5.16 Å². The molecule has 0 amide bonds. The topological polar surface area (TPSA) is 60.2 Å². The monoisotopic (exact) mass is 431 g/mol. The highest BCUT2D eigenvalue weighted by Crippen LogP contribution is 2.40. The van der Waals surface area contributed by atoms with E-state index in [1.807, 2.05) is 0 Å². The molecule has 154 valence electrons. The second kappa shape index (κ2) is 6.94. The third kappa shape index (κ3) is 3.89. The van der Waals surface area contributed by atoms with Gasteiger partial charge in [-0.3, -0.25) is 0 Å². The highest BCUT2D eigenvalue weighted by Gasteiger charge is 2.33. The average molecular weight is 431 g/mol. The summed E-state index contributed by atoms with van der Waals surface area (Å²) in [6.07, 6.45) is -3.89. The molecule has 3 aromatic rings. The Morgan fingerprint density at radius 2 is 1.66 bits per heavy atom. The Morgan fingerprint density at radius 3 is 2.24 bits per heavy atom. The highest BCUT2D eigenvalue weighted by atomic mass is 32.2. The number of alkyl halides is 3. The molecule has 0 unspecified atom stereocenters. The summed E-state index contributed by atoms with van der Waals surface area (Å²) in [5.41, 5.74) is -1.50. The molecule has 1 heterocycles. The summed E-state index contributed by atoms with van der Waals surface area (Å²) in [4.78, 5) is -0.830. The molecule has 0 fully saturated rings. The van der Waals surface area contributed by atoms with Gasteiger partial charge in [0, 0.05) is 17.4 Å². The molecule has 0 saturated heterocycles. The standard InChI is InChI=1S/C19H14F5NO3S/c1-9-4-5-11(6-13(9)19(22,23)24)18-17(10(2)28-25-18)12-7-15(21)16(8-14(12)20)29(3,26)27/h4-8H,1-3H3. The minimum atomic E-state index is -4.62. The van der Waals surface area contributed by atoms with Crippen molar-refractivity contribution in [3.63, 3.8) is 0 Å². The van der Waals surface area contributed by atoms with E-state index in [4.69, 9.17) is 4.52 Å². The van der Waals surface area contributed by atoms with Crippen molar-refractivity contribution in [3.05, 3.63) is 58.9 Å². The van der Waals surface area contributed by atoms with Crippen LogP contribution in [0.3, 0.4) is 0 Å². The van der Waals surface area contributed by atoms with Crippen LogP contribution in [0.2, 0.25) is 0 Å². The van der Waals surface area contributed by atoms with Crippen molar-refractivity contribution in [2.45, 2.75) is 24.9 Å². The Kier molecular flexibility index (Phi) is 5.02. The molecular formula is C19H14F5NO3S. The van der Waals surface area contributed by atoms with Crippen LogP contribution >= 0.6 is 0 Å². The van der Waals surface area contributed by atoms with Crippen molar-refractivity contribution in [1.82, 2.24) is 5.16 Å². The lowest BCUT2D eigenvalue weighted by atomic mass is 9.96. The summed E-state index contributed by atoms with van der Waals surface area (Å²) in [6.45, 7) is 2.67. The second-order valence-corrected chi connectivity index (χ2v) is 8.51. The number of hydrogen-bond donors (Lipinski definition) is 0. The minimum Gasteiger partial charge on any atom is -0.360 e.